The van der Waals surface area contributed by atoms with Crippen molar-refractivity contribution in [3.63, 3.8) is 0 Å². The molecule has 1 radical (unpaired) electrons. The maximum atomic E-state index is 9.65. The number of unbranched alkanes of at least 4 members (excludes halogenated alkanes) is 18. The number of benzene rings is 2. The fourth-order valence-electron chi connectivity index (χ4n) is 5.05. The molecule has 0 aliphatic heterocycles. The fraction of sp³-hybridized carbons (Fsp3) is 0.667. The molecule has 41 heavy (non-hydrogen) atoms. The summed E-state index contributed by atoms with van der Waals surface area (Å²) in [5.41, 5.74) is 2.20. The van der Waals surface area contributed by atoms with Gasteiger partial charge in [-0.15, -0.1) is 0 Å². The number of aryl methyl sites for hydroxylation is 2. The summed E-state index contributed by atoms with van der Waals surface area (Å²) in [5.74, 6) is 0.914. The zero-order valence-electron chi connectivity index (χ0n) is 26.4. The zero-order valence-corrected chi connectivity index (χ0v) is 27.4. The summed E-state index contributed by atoms with van der Waals surface area (Å²) < 4.78 is 0. The zero-order chi connectivity index (χ0) is 27.5. The molecule has 4 nitrogen and oxygen atoms in total. The molecule has 5 heteroatoms. The van der Waals surface area contributed by atoms with Crippen LogP contribution in [0.2, 0.25) is 0 Å². The Labute approximate surface area is 263 Å². The first-order valence-corrected chi connectivity index (χ1v) is 16.2. The van der Waals surface area contributed by atoms with E-state index in [0.717, 1.165) is 24.0 Å². The number of aromatic hydroxyl groups is 2. The SMILES string of the molecule is CCCCCCCCCCCCc1ccccc1O.CCCCCCCCCCCCc1ccccc1O.O.O.[Co]. The molecule has 0 spiro atoms. The van der Waals surface area contributed by atoms with Crippen molar-refractivity contribution in [1.82, 2.24) is 0 Å². The molecule has 2 aromatic rings. The van der Waals surface area contributed by atoms with Gasteiger partial charge in [-0.3, -0.25) is 0 Å². The predicted octanol–water partition coefficient (Wildman–Crippen LogP) is 10.1. The van der Waals surface area contributed by atoms with Crippen molar-refractivity contribution in [2.45, 2.75) is 155 Å². The molecule has 6 N–H and O–H groups in total. The molecule has 241 valence electrons. The monoisotopic (exact) mass is 619 g/mol. The van der Waals surface area contributed by atoms with Gasteiger partial charge in [-0.05, 0) is 48.9 Å². The second kappa shape index (κ2) is 33.0. The number of hydrogen-bond acceptors (Lipinski definition) is 2. The predicted molar refractivity (Wildman–Crippen MR) is 175 cm³/mol. The van der Waals surface area contributed by atoms with E-state index in [-0.39, 0.29) is 27.7 Å². The maximum Gasteiger partial charge on any atom is 0.118 e. The molecular weight excluding hydrogens is 555 g/mol. The molecule has 0 heterocycles. The van der Waals surface area contributed by atoms with E-state index >= 15 is 0 Å². The first kappa shape index (κ1) is 43.9. The Morgan fingerprint density at radius 2 is 0.634 bits per heavy atom. The van der Waals surface area contributed by atoms with Crippen molar-refractivity contribution in [2.24, 2.45) is 0 Å². The minimum atomic E-state index is 0. The van der Waals surface area contributed by atoms with E-state index in [0.29, 0.717) is 11.5 Å². The van der Waals surface area contributed by atoms with Crippen LogP contribution in [0.4, 0.5) is 0 Å². The minimum Gasteiger partial charge on any atom is -0.508 e. The minimum absolute atomic E-state index is 0. The Balaban J connectivity index is -0.000000656. The fourth-order valence-corrected chi connectivity index (χ4v) is 5.05. The van der Waals surface area contributed by atoms with Crippen LogP contribution >= 0.6 is 0 Å². The van der Waals surface area contributed by atoms with Gasteiger partial charge in [0, 0.05) is 16.8 Å². The van der Waals surface area contributed by atoms with Gasteiger partial charge in [0.1, 0.15) is 11.5 Å². The van der Waals surface area contributed by atoms with Gasteiger partial charge >= 0.3 is 0 Å². The summed E-state index contributed by atoms with van der Waals surface area (Å²) in [5, 5.41) is 19.3. The summed E-state index contributed by atoms with van der Waals surface area (Å²) in [6, 6.07) is 15.4. The molecule has 0 aliphatic rings. The Kier molecular flexibility index (Phi) is 35.3. The summed E-state index contributed by atoms with van der Waals surface area (Å²) in [4.78, 5) is 0. The average Bonchev–Trinajstić information content (AvgIpc) is 2.93. The topological polar surface area (TPSA) is 103 Å². The Morgan fingerprint density at radius 1 is 0.390 bits per heavy atom. The largest absolute Gasteiger partial charge is 0.508 e. The third-order valence-corrected chi connectivity index (χ3v) is 7.58. The Hall–Kier alpha value is -1.53. The molecule has 0 bridgehead atoms. The number of phenolic OH excluding ortho intramolecular Hbond substituents is 2. The van der Waals surface area contributed by atoms with Gasteiger partial charge in [-0.2, -0.15) is 0 Å². The van der Waals surface area contributed by atoms with E-state index in [1.165, 1.54) is 128 Å². The Bertz CT molecular complexity index is 718. The maximum absolute atomic E-state index is 9.65. The van der Waals surface area contributed by atoms with Crippen molar-refractivity contribution in [3.05, 3.63) is 59.7 Å². The van der Waals surface area contributed by atoms with E-state index in [9.17, 15) is 10.2 Å². The van der Waals surface area contributed by atoms with Crippen LogP contribution < -0.4 is 0 Å². The molecule has 0 unspecified atom stereocenters. The number of para-hydroxylation sites is 2. The van der Waals surface area contributed by atoms with Gasteiger partial charge < -0.3 is 21.2 Å². The van der Waals surface area contributed by atoms with Crippen LogP contribution in [-0.4, -0.2) is 21.2 Å². The summed E-state index contributed by atoms with van der Waals surface area (Å²) >= 11 is 0. The van der Waals surface area contributed by atoms with Crippen LogP contribution in [-0.2, 0) is 29.6 Å². The van der Waals surface area contributed by atoms with Crippen molar-refractivity contribution >= 4 is 0 Å². The third kappa shape index (κ3) is 25.9. The Morgan fingerprint density at radius 3 is 0.902 bits per heavy atom. The summed E-state index contributed by atoms with van der Waals surface area (Å²) in [6.45, 7) is 4.54. The number of rotatable bonds is 22. The van der Waals surface area contributed by atoms with Crippen LogP contribution in [0.25, 0.3) is 0 Å². The standard InChI is InChI=1S/2C18H30O.Co.2H2O/c2*1-2-3-4-5-6-7-8-9-10-11-14-17-15-12-13-16-18(17)19;;;/h2*12-13,15-16,19H,2-11,14H2,1H3;;2*1H2. The van der Waals surface area contributed by atoms with Crippen molar-refractivity contribution in [3.8, 4) is 11.5 Å². The summed E-state index contributed by atoms with van der Waals surface area (Å²) in [6.07, 6.45) is 29.3. The third-order valence-electron chi connectivity index (χ3n) is 7.58. The molecule has 2 rings (SSSR count). The van der Waals surface area contributed by atoms with Gasteiger partial charge in [-0.1, -0.05) is 166 Å². The van der Waals surface area contributed by atoms with Crippen LogP contribution in [0.3, 0.4) is 0 Å². The van der Waals surface area contributed by atoms with Gasteiger partial charge in [0.25, 0.3) is 0 Å². The number of hydrogen-bond donors (Lipinski definition) is 2. The quantitative estimate of drug-likeness (QED) is 0.128. The average molecular weight is 620 g/mol. The molecule has 0 saturated carbocycles. The van der Waals surface area contributed by atoms with E-state index in [2.05, 4.69) is 13.8 Å². The van der Waals surface area contributed by atoms with Crippen LogP contribution in [0.5, 0.6) is 11.5 Å². The normalized spacial score (nSPS) is 10.0. The molecule has 0 aromatic heterocycles. The molecule has 0 fully saturated rings. The first-order chi connectivity index (χ1) is 18.7. The molecule has 0 saturated heterocycles. The molecule has 0 amide bonds. The van der Waals surface area contributed by atoms with Gasteiger partial charge in [0.15, 0.2) is 0 Å². The van der Waals surface area contributed by atoms with Gasteiger partial charge in [0.05, 0.1) is 0 Å². The molecule has 0 atom stereocenters. The molecule has 0 aliphatic carbocycles. The van der Waals surface area contributed by atoms with Gasteiger partial charge in [-0.25, -0.2) is 0 Å². The van der Waals surface area contributed by atoms with Crippen LogP contribution in [0, 0.1) is 0 Å². The van der Waals surface area contributed by atoms with Crippen LogP contribution in [0.15, 0.2) is 48.5 Å². The smallest absolute Gasteiger partial charge is 0.118 e. The first-order valence-electron chi connectivity index (χ1n) is 16.2. The van der Waals surface area contributed by atoms with Crippen molar-refractivity contribution in [2.75, 3.05) is 0 Å². The van der Waals surface area contributed by atoms with Crippen LogP contribution in [0.1, 0.15) is 153 Å². The summed E-state index contributed by atoms with van der Waals surface area (Å²) in [7, 11) is 0. The van der Waals surface area contributed by atoms with Gasteiger partial charge in [0.2, 0.25) is 0 Å². The van der Waals surface area contributed by atoms with E-state index in [1.54, 1.807) is 12.1 Å². The second-order valence-electron chi connectivity index (χ2n) is 11.1. The van der Waals surface area contributed by atoms with E-state index in [1.807, 2.05) is 36.4 Å². The van der Waals surface area contributed by atoms with E-state index in [4.69, 9.17) is 0 Å². The van der Waals surface area contributed by atoms with Crippen molar-refractivity contribution < 1.29 is 37.9 Å². The second-order valence-corrected chi connectivity index (χ2v) is 11.1. The van der Waals surface area contributed by atoms with Crippen molar-refractivity contribution in [1.29, 1.82) is 0 Å². The van der Waals surface area contributed by atoms with E-state index < -0.39 is 0 Å². The molecule has 2 aromatic carbocycles. The number of phenols is 2. The molecular formula is C36H64CoO4.